The Kier molecular flexibility index (Phi) is 5.10. The van der Waals surface area contributed by atoms with Crippen LogP contribution in [0.5, 0.6) is 0 Å². The van der Waals surface area contributed by atoms with Gasteiger partial charge < -0.3 is 15.3 Å². The molecule has 3 unspecified atom stereocenters. The molecule has 0 fully saturated rings. The smallest absolute Gasteiger partial charge is 0.336 e. The van der Waals surface area contributed by atoms with E-state index in [4.69, 9.17) is 0 Å². The molecule has 1 aliphatic rings. The number of aliphatic hydroxyl groups is 1. The van der Waals surface area contributed by atoms with Crippen molar-refractivity contribution in [2.45, 2.75) is 25.5 Å². The zero-order chi connectivity index (χ0) is 21.4. The van der Waals surface area contributed by atoms with Crippen LogP contribution in [0.25, 0.3) is 0 Å². The van der Waals surface area contributed by atoms with Crippen molar-refractivity contribution in [2.24, 2.45) is 11.3 Å². The molecule has 0 spiro atoms. The van der Waals surface area contributed by atoms with Crippen molar-refractivity contribution in [1.29, 1.82) is 0 Å². The largest absolute Gasteiger partial charge is 0.481 e. The molecular formula is C20H19FN2O6. The number of benzene rings is 1. The molecule has 3 N–H and O–H groups in total. The third-order valence-corrected chi connectivity index (χ3v) is 5.12. The maximum atomic E-state index is 13.0. The fourth-order valence-electron chi connectivity index (χ4n) is 3.39. The van der Waals surface area contributed by atoms with E-state index >= 15 is 0 Å². The second-order valence-electron chi connectivity index (χ2n) is 7.38. The number of carbonyl (C=O) groups excluding carboxylic acids is 1. The molecule has 29 heavy (non-hydrogen) atoms. The number of aliphatic carboxylic acids is 2. The molecule has 152 valence electrons. The first-order chi connectivity index (χ1) is 13.5. The minimum Gasteiger partial charge on any atom is -0.481 e. The SMILES string of the molecule is CC1(C(=O)O)C=CC(C(=O)c2cnn(Cc3ccc(F)cc3)c2)C(O)(C(=O)O)C1. The first-order valence-electron chi connectivity index (χ1n) is 8.75. The van der Waals surface area contributed by atoms with Gasteiger partial charge in [0, 0.05) is 12.6 Å². The lowest BCUT2D eigenvalue weighted by Crippen LogP contribution is -2.54. The molecule has 1 aromatic carbocycles. The van der Waals surface area contributed by atoms with Gasteiger partial charge in [0.15, 0.2) is 11.4 Å². The van der Waals surface area contributed by atoms with Crippen LogP contribution in [0, 0.1) is 17.2 Å². The summed E-state index contributed by atoms with van der Waals surface area (Å²) in [5, 5.41) is 33.6. The summed E-state index contributed by atoms with van der Waals surface area (Å²) in [5.74, 6) is -5.51. The van der Waals surface area contributed by atoms with E-state index in [0.29, 0.717) is 0 Å². The first kappa shape index (κ1) is 20.4. The highest BCUT2D eigenvalue weighted by molar-refractivity contribution is 6.03. The molecule has 0 radical (unpaired) electrons. The van der Waals surface area contributed by atoms with E-state index in [1.54, 1.807) is 12.1 Å². The fourth-order valence-corrected chi connectivity index (χ4v) is 3.39. The number of hydrogen-bond donors (Lipinski definition) is 3. The van der Waals surface area contributed by atoms with Gasteiger partial charge in [-0.15, -0.1) is 0 Å². The zero-order valence-electron chi connectivity index (χ0n) is 15.4. The molecular weight excluding hydrogens is 383 g/mol. The summed E-state index contributed by atoms with van der Waals surface area (Å²) in [7, 11) is 0. The highest BCUT2D eigenvalue weighted by atomic mass is 19.1. The number of carboxylic acid groups (broad SMARTS) is 2. The number of aromatic nitrogens is 2. The van der Waals surface area contributed by atoms with Crippen LogP contribution in [0.2, 0.25) is 0 Å². The lowest BCUT2D eigenvalue weighted by molar-refractivity contribution is -0.169. The molecule has 0 amide bonds. The summed E-state index contributed by atoms with van der Waals surface area (Å²) >= 11 is 0. The average Bonchev–Trinajstić information content (AvgIpc) is 3.11. The van der Waals surface area contributed by atoms with Crippen LogP contribution in [0.4, 0.5) is 4.39 Å². The third kappa shape index (κ3) is 3.81. The summed E-state index contributed by atoms with van der Waals surface area (Å²) in [6.07, 6.45) is 4.35. The van der Waals surface area contributed by atoms with Gasteiger partial charge in [-0.25, -0.2) is 9.18 Å². The summed E-state index contributed by atoms with van der Waals surface area (Å²) in [6, 6.07) is 5.73. The minimum atomic E-state index is -2.57. The van der Waals surface area contributed by atoms with E-state index in [9.17, 15) is 34.1 Å². The lowest BCUT2D eigenvalue weighted by atomic mass is 9.66. The van der Waals surface area contributed by atoms with Gasteiger partial charge in [0.05, 0.1) is 29.6 Å². The second-order valence-corrected chi connectivity index (χ2v) is 7.38. The van der Waals surface area contributed by atoms with Crippen LogP contribution in [0.15, 0.2) is 48.8 Å². The standard InChI is InChI=1S/C20H19FN2O6/c1-19(17(25)26)7-6-15(20(29,11-19)18(27)28)16(24)13-8-22-23(10-13)9-12-2-4-14(21)5-3-12/h2-8,10,15,29H,9,11H2,1H3,(H,25,26)(H,27,28). The first-order valence-corrected chi connectivity index (χ1v) is 8.75. The summed E-state index contributed by atoms with van der Waals surface area (Å²) in [4.78, 5) is 36.1. The van der Waals surface area contributed by atoms with E-state index in [2.05, 4.69) is 5.10 Å². The van der Waals surface area contributed by atoms with Crippen LogP contribution in [-0.2, 0) is 16.1 Å². The average molecular weight is 402 g/mol. The predicted molar refractivity (Wildman–Crippen MR) is 97.6 cm³/mol. The number of nitrogens with zero attached hydrogens (tertiary/aromatic N) is 2. The summed E-state index contributed by atoms with van der Waals surface area (Å²) in [5.41, 5.74) is -3.37. The van der Waals surface area contributed by atoms with Crippen molar-refractivity contribution < 1.29 is 34.1 Å². The van der Waals surface area contributed by atoms with Crippen LogP contribution in [0.3, 0.4) is 0 Å². The van der Waals surface area contributed by atoms with Crippen molar-refractivity contribution in [1.82, 2.24) is 9.78 Å². The normalized spacial score (nSPS) is 26.2. The van der Waals surface area contributed by atoms with Gasteiger partial charge in [-0.1, -0.05) is 24.3 Å². The molecule has 8 nitrogen and oxygen atoms in total. The highest BCUT2D eigenvalue weighted by Crippen LogP contribution is 2.41. The van der Waals surface area contributed by atoms with Crippen molar-refractivity contribution in [3.05, 3.63) is 65.8 Å². The fraction of sp³-hybridized carbons (Fsp3) is 0.300. The van der Waals surface area contributed by atoms with E-state index in [1.165, 1.54) is 42.2 Å². The Morgan fingerprint density at radius 2 is 1.86 bits per heavy atom. The van der Waals surface area contributed by atoms with Crippen LogP contribution in [0.1, 0.15) is 29.3 Å². The van der Waals surface area contributed by atoms with E-state index in [0.717, 1.165) is 11.6 Å². The van der Waals surface area contributed by atoms with E-state index < -0.39 is 41.1 Å². The summed E-state index contributed by atoms with van der Waals surface area (Å²) < 4.78 is 14.4. The summed E-state index contributed by atoms with van der Waals surface area (Å²) in [6.45, 7) is 1.54. The lowest BCUT2D eigenvalue weighted by Gasteiger charge is -2.38. The molecule has 1 aromatic heterocycles. The van der Waals surface area contributed by atoms with Gasteiger partial charge >= 0.3 is 11.9 Å². The maximum Gasteiger partial charge on any atom is 0.336 e. The highest BCUT2D eigenvalue weighted by Gasteiger charge is 2.55. The minimum absolute atomic E-state index is 0.0698. The predicted octanol–water partition coefficient (Wildman–Crippen LogP) is 1.74. The number of carbonyl (C=O) groups is 3. The number of halogens is 1. The number of Topliss-reactive ketones (excluding diaryl/α,β-unsaturated/α-hetero) is 1. The van der Waals surface area contributed by atoms with E-state index in [-0.39, 0.29) is 17.9 Å². The topological polar surface area (TPSA) is 130 Å². The number of ketones is 1. The molecule has 3 atom stereocenters. The molecule has 2 aromatic rings. The van der Waals surface area contributed by atoms with Crippen LogP contribution in [-0.4, -0.2) is 48.4 Å². The van der Waals surface area contributed by atoms with Gasteiger partial charge in [0.1, 0.15) is 5.82 Å². The molecule has 0 saturated carbocycles. The molecule has 1 aliphatic carbocycles. The van der Waals surface area contributed by atoms with E-state index in [1.807, 2.05) is 0 Å². The molecule has 0 saturated heterocycles. The van der Waals surface area contributed by atoms with Crippen LogP contribution < -0.4 is 0 Å². The monoisotopic (exact) mass is 402 g/mol. The van der Waals surface area contributed by atoms with Crippen molar-refractivity contribution >= 4 is 17.7 Å². The van der Waals surface area contributed by atoms with Crippen molar-refractivity contribution in [2.75, 3.05) is 0 Å². The Hall–Kier alpha value is -3.33. The number of rotatable bonds is 6. The number of carboxylic acids is 2. The molecule has 0 bridgehead atoms. The Bertz CT molecular complexity index is 999. The number of hydrogen-bond acceptors (Lipinski definition) is 5. The Morgan fingerprint density at radius 3 is 2.45 bits per heavy atom. The Balaban J connectivity index is 1.87. The van der Waals surface area contributed by atoms with Gasteiger partial charge in [-0.05, 0) is 24.6 Å². The Morgan fingerprint density at radius 1 is 1.21 bits per heavy atom. The van der Waals surface area contributed by atoms with Crippen molar-refractivity contribution in [3.8, 4) is 0 Å². The van der Waals surface area contributed by atoms with Gasteiger partial charge in [-0.3, -0.25) is 14.3 Å². The molecule has 9 heteroatoms. The van der Waals surface area contributed by atoms with Crippen molar-refractivity contribution in [3.63, 3.8) is 0 Å². The van der Waals surface area contributed by atoms with Gasteiger partial charge in [-0.2, -0.15) is 5.10 Å². The zero-order valence-corrected chi connectivity index (χ0v) is 15.4. The maximum absolute atomic E-state index is 13.0. The van der Waals surface area contributed by atoms with Gasteiger partial charge in [0.25, 0.3) is 0 Å². The third-order valence-electron chi connectivity index (χ3n) is 5.12. The van der Waals surface area contributed by atoms with Gasteiger partial charge in [0.2, 0.25) is 0 Å². The van der Waals surface area contributed by atoms with Crippen LogP contribution >= 0.6 is 0 Å². The second kappa shape index (κ2) is 7.25. The molecule has 3 rings (SSSR count). The Labute approximate surface area is 164 Å². The quantitative estimate of drug-likeness (QED) is 0.496. The molecule has 0 aliphatic heterocycles. The molecule has 1 heterocycles.